The van der Waals surface area contributed by atoms with Crippen LogP contribution in [0.15, 0.2) is 41.5 Å². The number of halogens is 5. The minimum atomic E-state index is -4.54. The number of aromatic nitrogens is 3. The Morgan fingerprint density at radius 2 is 2.00 bits per heavy atom. The molecule has 2 fully saturated rings. The molecule has 2 aliphatic rings. The van der Waals surface area contributed by atoms with E-state index in [1.165, 1.54) is 36.1 Å². The molecule has 3 aromatic rings. The van der Waals surface area contributed by atoms with Gasteiger partial charge in [-0.15, -0.1) is 0 Å². The summed E-state index contributed by atoms with van der Waals surface area (Å²) >= 11 is 0. The first-order valence-electron chi connectivity index (χ1n) is 12.0. The number of hydrogen-bond acceptors (Lipinski definition) is 4. The van der Waals surface area contributed by atoms with Crippen LogP contribution in [0.25, 0.3) is 10.9 Å². The summed E-state index contributed by atoms with van der Waals surface area (Å²) in [5.74, 6) is -3.56. The number of nitrogens with one attached hydrogen (secondary N) is 1. The van der Waals surface area contributed by atoms with Gasteiger partial charge in [0, 0.05) is 31.7 Å². The van der Waals surface area contributed by atoms with Crippen molar-refractivity contribution < 1.29 is 31.5 Å². The third kappa shape index (κ3) is 4.86. The van der Waals surface area contributed by atoms with Crippen molar-refractivity contribution in [3.63, 3.8) is 0 Å². The molecule has 1 unspecified atom stereocenters. The molecular formula is C25H25F5N4O3. The van der Waals surface area contributed by atoms with Gasteiger partial charge in [-0.1, -0.05) is 12.1 Å². The zero-order chi connectivity index (χ0) is 26.5. The molecule has 1 saturated heterocycles. The Morgan fingerprint density at radius 1 is 1.24 bits per heavy atom. The maximum atomic E-state index is 13.6. The summed E-state index contributed by atoms with van der Waals surface area (Å²) in [6.45, 7) is 2.02. The molecule has 0 spiro atoms. The normalized spacial score (nSPS) is 21.0. The minimum Gasteiger partial charge on any atom is -0.356 e. The van der Waals surface area contributed by atoms with Crippen molar-refractivity contribution in [2.75, 3.05) is 6.61 Å². The number of rotatable bonds is 5. The van der Waals surface area contributed by atoms with E-state index >= 15 is 0 Å². The van der Waals surface area contributed by atoms with E-state index in [4.69, 9.17) is 4.74 Å². The highest BCUT2D eigenvalue weighted by Gasteiger charge is 2.47. The van der Waals surface area contributed by atoms with Gasteiger partial charge >= 0.3 is 6.18 Å². The lowest BCUT2D eigenvalue weighted by atomic mass is 9.87. The number of nitrogens with zero attached hydrogens (tertiary/aromatic N) is 3. The number of benzene rings is 1. The molecular weight excluding hydrogens is 499 g/mol. The number of ether oxygens (including phenoxy) is 1. The molecule has 37 heavy (non-hydrogen) atoms. The van der Waals surface area contributed by atoms with Gasteiger partial charge in [-0.3, -0.25) is 9.59 Å². The molecule has 198 valence electrons. The second kappa shape index (κ2) is 9.23. The summed E-state index contributed by atoms with van der Waals surface area (Å²) in [6.07, 6.45) is -1.23. The summed E-state index contributed by atoms with van der Waals surface area (Å²) in [6, 6.07) is 3.01. The van der Waals surface area contributed by atoms with Gasteiger partial charge in [-0.25, -0.2) is 13.5 Å². The topological polar surface area (TPSA) is 78.2 Å². The number of pyridine rings is 1. The van der Waals surface area contributed by atoms with Crippen molar-refractivity contribution in [3.8, 4) is 0 Å². The maximum absolute atomic E-state index is 13.6. The summed E-state index contributed by atoms with van der Waals surface area (Å²) in [7, 11) is 0. The third-order valence-electron chi connectivity index (χ3n) is 6.98. The van der Waals surface area contributed by atoms with Crippen LogP contribution in [0.2, 0.25) is 0 Å². The van der Waals surface area contributed by atoms with E-state index < -0.39 is 60.3 Å². The lowest BCUT2D eigenvalue weighted by Crippen LogP contribution is -2.41. The lowest BCUT2D eigenvalue weighted by molar-refractivity contribution is -0.137. The van der Waals surface area contributed by atoms with Crippen molar-refractivity contribution in [3.05, 3.63) is 63.7 Å². The van der Waals surface area contributed by atoms with Crippen LogP contribution in [-0.4, -0.2) is 32.8 Å². The molecule has 0 bridgehead atoms. The van der Waals surface area contributed by atoms with Crippen LogP contribution >= 0.6 is 0 Å². The van der Waals surface area contributed by atoms with Crippen LogP contribution in [0.4, 0.5) is 22.0 Å². The largest absolute Gasteiger partial charge is 0.416 e. The molecule has 1 aromatic carbocycles. The molecule has 1 amide bonds. The first-order valence-corrected chi connectivity index (χ1v) is 12.0. The average Bonchev–Trinajstić information content (AvgIpc) is 3.28. The standard InChI is InChI=1S/C25H25F5N4O3/c1-14(15-5-4-6-16(9-15)25(28,29)30)32-22(35)19-13-33(17-10-24(26,27)11-17)23(36)18-12-31-34(21(18)19)20-7-2-3-8-37-20/h4-6,9,12-14,17,20H,2-3,7-8,10-11H2,1H3,(H,32,35)/t14-,20?/m1/s1. The number of carbonyl (C=O) groups excluding carboxylic acids is 1. The minimum absolute atomic E-state index is 0.00955. The Hall–Kier alpha value is -3.28. The molecule has 3 heterocycles. The monoisotopic (exact) mass is 524 g/mol. The second-order valence-electron chi connectivity index (χ2n) is 9.66. The van der Waals surface area contributed by atoms with Crippen LogP contribution in [0, 0.1) is 0 Å². The predicted molar refractivity (Wildman–Crippen MR) is 123 cm³/mol. The van der Waals surface area contributed by atoms with Gasteiger partial charge in [-0.2, -0.15) is 18.3 Å². The molecule has 7 nitrogen and oxygen atoms in total. The van der Waals surface area contributed by atoms with E-state index in [2.05, 4.69) is 10.4 Å². The Kier molecular flexibility index (Phi) is 6.33. The fourth-order valence-corrected chi connectivity index (χ4v) is 4.93. The number of carbonyl (C=O) groups is 1. The van der Waals surface area contributed by atoms with Gasteiger partial charge < -0.3 is 14.6 Å². The lowest BCUT2D eigenvalue weighted by Gasteiger charge is -2.36. The quantitative estimate of drug-likeness (QED) is 0.455. The van der Waals surface area contributed by atoms with Crippen LogP contribution in [0.5, 0.6) is 0 Å². The third-order valence-corrected chi connectivity index (χ3v) is 6.98. The molecule has 2 atom stereocenters. The summed E-state index contributed by atoms with van der Waals surface area (Å²) in [5.41, 5.74) is -0.945. The highest BCUT2D eigenvalue weighted by atomic mass is 19.4. The predicted octanol–water partition coefficient (Wildman–Crippen LogP) is 5.38. The molecule has 0 radical (unpaired) electrons. The summed E-state index contributed by atoms with van der Waals surface area (Å²) < 4.78 is 75.1. The Balaban J connectivity index is 1.54. The highest BCUT2D eigenvalue weighted by Crippen LogP contribution is 2.45. The van der Waals surface area contributed by atoms with Gasteiger partial charge in [-0.05, 0) is 43.9 Å². The van der Waals surface area contributed by atoms with E-state index in [0.717, 1.165) is 29.5 Å². The Morgan fingerprint density at radius 3 is 2.65 bits per heavy atom. The van der Waals surface area contributed by atoms with Gasteiger partial charge in [0.25, 0.3) is 17.4 Å². The zero-order valence-electron chi connectivity index (χ0n) is 19.9. The Labute approximate surface area is 208 Å². The van der Waals surface area contributed by atoms with Crippen LogP contribution in [0.3, 0.4) is 0 Å². The molecule has 1 saturated carbocycles. The SMILES string of the molecule is C[C@@H](NC(=O)c1cn(C2CC(F)(F)C2)c(=O)c2cnn(C3CCCCO3)c12)c1cccc(C(F)(F)F)c1. The number of amides is 1. The molecule has 1 aliphatic heterocycles. The van der Waals surface area contributed by atoms with Crippen LogP contribution in [-0.2, 0) is 10.9 Å². The van der Waals surface area contributed by atoms with Crippen molar-refractivity contribution in [2.45, 2.75) is 69.4 Å². The molecule has 1 aliphatic carbocycles. The fraction of sp³-hybridized carbons (Fsp3) is 0.480. The van der Waals surface area contributed by atoms with Crippen LogP contribution in [0.1, 0.15) is 78.8 Å². The van der Waals surface area contributed by atoms with E-state index in [1.807, 2.05) is 0 Å². The van der Waals surface area contributed by atoms with E-state index in [-0.39, 0.29) is 22.0 Å². The fourth-order valence-electron chi connectivity index (χ4n) is 4.93. The van der Waals surface area contributed by atoms with Crippen molar-refractivity contribution >= 4 is 16.8 Å². The van der Waals surface area contributed by atoms with E-state index in [9.17, 15) is 31.5 Å². The zero-order valence-corrected chi connectivity index (χ0v) is 19.9. The molecule has 2 aromatic heterocycles. The smallest absolute Gasteiger partial charge is 0.356 e. The van der Waals surface area contributed by atoms with Crippen molar-refractivity contribution in [1.29, 1.82) is 0 Å². The van der Waals surface area contributed by atoms with Gasteiger partial charge in [0.05, 0.1) is 34.3 Å². The highest BCUT2D eigenvalue weighted by molar-refractivity contribution is 6.05. The van der Waals surface area contributed by atoms with Crippen LogP contribution < -0.4 is 10.9 Å². The van der Waals surface area contributed by atoms with Crippen molar-refractivity contribution in [1.82, 2.24) is 19.7 Å². The first-order chi connectivity index (χ1) is 17.4. The average molecular weight is 524 g/mol. The first kappa shape index (κ1) is 25.4. The Bertz CT molecular complexity index is 1380. The summed E-state index contributed by atoms with van der Waals surface area (Å²) in [4.78, 5) is 26.7. The molecule has 5 rings (SSSR count). The number of hydrogen-bond donors (Lipinski definition) is 1. The number of fused-ring (bicyclic) bond motifs is 1. The van der Waals surface area contributed by atoms with Gasteiger partial charge in [0.2, 0.25) is 0 Å². The maximum Gasteiger partial charge on any atom is 0.416 e. The number of alkyl halides is 5. The molecule has 1 N–H and O–H groups in total. The van der Waals surface area contributed by atoms with Gasteiger partial charge in [0.1, 0.15) is 0 Å². The summed E-state index contributed by atoms with van der Waals surface area (Å²) in [5, 5.41) is 7.07. The molecule has 12 heteroatoms. The second-order valence-corrected chi connectivity index (χ2v) is 9.66. The van der Waals surface area contributed by atoms with Crippen molar-refractivity contribution in [2.24, 2.45) is 0 Å². The van der Waals surface area contributed by atoms with Gasteiger partial charge in [0.15, 0.2) is 6.23 Å². The van der Waals surface area contributed by atoms with E-state index in [1.54, 1.807) is 0 Å². The van der Waals surface area contributed by atoms with E-state index in [0.29, 0.717) is 13.0 Å².